The van der Waals surface area contributed by atoms with Crippen molar-refractivity contribution in [1.82, 2.24) is 16.0 Å². The van der Waals surface area contributed by atoms with Crippen LogP contribution in [0.4, 0.5) is 0 Å². The Bertz CT molecular complexity index is 759. The molecule has 0 saturated carbocycles. The number of nitrogens with one attached hydrogen (secondary N) is 3. The van der Waals surface area contributed by atoms with Crippen molar-refractivity contribution >= 4 is 29.7 Å². The number of carboxylic acids is 1. The minimum absolute atomic E-state index is 0.0882. The Balaban J connectivity index is 5.71. The number of aliphatic carboxylic acids is 1. The Kier molecular flexibility index (Phi) is 16.9. The molecule has 0 aromatic rings. The molecule has 6 unspecified atom stereocenters. The van der Waals surface area contributed by atoms with Crippen LogP contribution in [-0.2, 0) is 19.2 Å². The van der Waals surface area contributed by atoms with Crippen LogP contribution in [-0.4, -0.2) is 72.0 Å². The van der Waals surface area contributed by atoms with Gasteiger partial charge in [-0.1, -0.05) is 40.5 Å². The van der Waals surface area contributed by atoms with Gasteiger partial charge in [0.25, 0.3) is 0 Å². The lowest BCUT2D eigenvalue weighted by Crippen LogP contribution is -2.58. The van der Waals surface area contributed by atoms with Crippen LogP contribution < -0.4 is 38.9 Å². The zero-order valence-corrected chi connectivity index (χ0v) is 22.7. The van der Waals surface area contributed by atoms with Gasteiger partial charge in [0.1, 0.15) is 18.1 Å². The van der Waals surface area contributed by atoms with Gasteiger partial charge >= 0.3 is 5.97 Å². The second-order valence-corrected chi connectivity index (χ2v) is 9.48. The molecule has 0 bridgehead atoms. The molecule has 13 heteroatoms. The summed E-state index contributed by atoms with van der Waals surface area (Å²) in [6, 6.07) is -3.92. The van der Waals surface area contributed by atoms with Crippen molar-refractivity contribution in [2.75, 3.05) is 13.1 Å². The molecule has 0 aromatic carbocycles. The second-order valence-electron chi connectivity index (χ2n) is 9.48. The normalized spacial score (nSPS) is 15.8. The van der Waals surface area contributed by atoms with Crippen LogP contribution in [0.15, 0.2) is 4.99 Å². The molecule has 6 atom stereocenters. The van der Waals surface area contributed by atoms with Crippen molar-refractivity contribution in [2.24, 2.45) is 39.8 Å². The molecule has 0 rings (SSSR count). The van der Waals surface area contributed by atoms with E-state index in [1.807, 2.05) is 20.8 Å². The fourth-order valence-electron chi connectivity index (χ4n) is 3.52. The summed E-state index contributed by atoms with van der Waals surface area (Å²) in [7, 11) is 0. The number of amides is 3. The van der Waals surface area contributed by atoms with E-state index in [-0.39, 0.29) is 37.2 Å². The highest BCUT2D eigenvalue weighted by Crippen LogP contribution is 2.11. The van der Waals surface area contributed by atoms with E-state index in [2.05, 4.69) is 20.9 Å². The second kappa shape index (κ2) is 18.3. The maximum atomic E-state index is 13.3. The van der Waals surface area contributed by atoms with Gasteiger partial charge in [-0.25, -0.2) is 4.79 Å². The Labute approximate surface area is 219 Å². The summed E-state index contributed by atoms with van der Waals surface area (Å²) in [5.74, 6) is -3.34. The average Bonchev–Trinajstić information content (AvgIpc) is 2.86. The highest BCUT2D eigenvalue weighted by molar-refractivity contribution is 5.94. The number of hydrogen-bond donors (Lipinski definition) is 8. The van der Waals surface area contributed by atoms with Gasteiger partial charge in [0, 0.05) is 6.54 Å². The van der Waals surface area contributed by atoms with Crippen molar-refractivity contribution in [2.45, 2.75) is 96.8 Å². The zero-order chi connectivity index (χ0) is 28.5. The van der Waals surface area contributed by atoms with Gasteiger partial charge in [-0.15, -0.1) is 0 Å². The lowest BCUT2D eigenvalue weighted by Gasteiger charge is -2.27. The van der Waals surface area contributed by atoms with Crippen molar-refractivity contribution in [1.29, 1.82) is 0 Å². The summed E-state index contributed by atoms with van der Waals surface area (Å²) in [6.07, 6.45) is 3.22. The lowest BCUT2D eigenvalue weighted by atomic mass is 9.98. The molecule has 214 valence electrons. The van der Waals surface area contributed by atoms with Gasteiger partial charge in [-0.3, -0.25) is 19.4 Å². The third-order valence-electron chi connectivity index (χ3n) is 6.49. The number of guanidine groups is 1. The molecule has 0 fully saturated rings. The molecule has 0 aliphatic carbocycles. The predicted molar refractivity (Wildman–Crippen MR) is 143 cm³/mol. The molecule has 13 nitrogen and oxygen atoms in total. The maximum Gasteiger partial charge on any atom is 0.326 e. The first-order valence-corrected chi connectivity index (χ1v) is 13.0. The lowest BCUT2D eigenvalue weighted by molar-refractivity contribution is -0.144. The maximum absolute atomic E-state index is 13.3. The van der Waals surface area contributed by atoms with Crippen LogP contribution >= 0.6 is 0 Å². The third kappa shape index (κ3) is 13.3. The van der Waals surface area contributed by atoms with Crippen LogP contribution in [0.3, 0.4) is 0 Å². The summed E-state index contributed by atoms with van der Waals surface area (Å²) in [5.41, 5.74) is 22.3. The van der Waals surface area contributed by atoms with Crippen LogP contribution in [0.5, 0.6) is 0 Å². The number of aliphatic imine (C=N–C) groups is 1. The van der Waals surface area contributed by atoms with Crippen LogP contribution in [0.25, 0.3) is 0 Å². The molecule has 37 heavy (non-hydrogen) atoms. The Morgan fingerprint density at radius 1 is 0.811 bits per heavy atom. The van der Waals surface area contributed by atoms with Gasteiger partial charge in [0.05, 0.1) is 6.04 Å². The van der Waals surface area contributed by atoms with Crippen molar-refractivity contribution in [3.8, 4) is 0 Å². The van der Waals surface area contributed by atoms with Gasteiger partial charge in [0.15, 0.2) is 5.96 Å². The average molecular weight is 529 g/mol. The molecule has 0 heterocycles. The monoisotopic (exact) mass is 528 g/mol. The quantitative estimate of drug-likeness (QED) is 0.0589. The van der Waals surface area contributed by atoms with E-state index in [1.54, 1.807) is 6.92 Å². The van der Waals surface area contributed by atoms with Gasteiger partial charge in [0.2, 0.25) is 17.7 Å². The fraction of sp³-hybridized carbons (Fsp3) is 0.792. The van der Waals surface area contributed by atoms with E-state index in [4.69, 9.17) is 22.9 Å². The highest BCUT2D eigenvalue weighted by atomic mass is 16.4. The molecule has 0 aliphatic heterocycles. The molecule has 0 saturated heterocycles. The summed E-state index contributed by atoms with van der Waals surface area (Å²) in [6.45, 7) is 7.95. The van der Waals surface area contributed by atoms with E-state index in [9.17, 15) is 24.3 Å². The number of hydrogen-bond acceptors (Lipinski definition) is 7. The van der Waals surface area contributed by atoms with Crippen molar-refractivity contribution in [3.63, 3.8) is 0 Å². The van der Waals surface area contributed by atoms with E-state index in [0.717, 1.165) is 0 Å². The Hall–Kier alpha value is -2.93. The minimum Gasteiger partial charge on any atom is -0.480 e. The number of carbonyl (C=O) groups is 4. The molecule has 12 N–H and O–H groups in total. The topological polar surface area (TPSA) is 241 Å². The fourth-order valence-corrected chi connectivity index (χ4v) is 3.52. The SMILES string of the molecule is CCC(C)C(N)C(=O)NC(CCCN=C(N)N)C(=O)NC(CCCCN)C(=O)NC(C(=O)O)C(C)CC. The third-order valence-corrected chi connectivity index (χ3v) is 6.49. The highest BCUT2D eigenvalue weighted by Gasteiger charge is 2.32. The van der Waals surface area contributed by atoms with Crippen molar-refractivity contribution in [3.05, 3.63) is 0 Å². The first-order chi connectivity index (χ1) is 17.4. The Morgan fingerprint density at radius 2 is 1.32 bits per heavy atom. The molecular weight excluding hydrogens is 480 g/mol. The van der Waals surface area contributed by atoms with Crippen LogP contribution in [0, 0.1) is 11.8 Å². The largest absolute Gasteiger partial charge is 0.480 e. The first kappa shape index (κ1) is 34.1. The van der Waals surface area contributed by atoms with Crippen LogP contribution in [0.2, 0.25) is 0 Å². The number of nitrogens with two attached hydrogens (primary N) is 4. The summed E-state index contributed by atoms with van der Waals surface area (Å²) in [5, 5.41) is 17.5. The molecule has 0 aliphatic rings. The smallest absolute Gasteiger partial charge is 0.326 e. The number of nitrogens with zero attached hydrogens (tertiary/aromatic N) is 1. The van der Waals surface area contributed by atoms with Crippen LogP contribution in [0.1, 0.15) is 72.6 Å². The standard InChI is InChI=1S/C24H48N8O5/c1-5-14(3)18(26)22(35)31-17(11-9-13-29-24(27)28)20(33)30-16(10-7-8-12-25)21(34)32-19(23(36)37)15(4)6-2/h14-19H,5-13,25-26H2,1-4H3,(H,30,33)(H,31,35)(H,32,34)(H,36,37)(H4,27,28,29). The zero-order valence-electron chi connectivity index (χ0n) is 22.7. The molecule has 0 spiro atoms. The number of unbranched alkanes of at least 4 members (excludes halogenated alkanes) is 1. The summed E-state index contributed by atoms with van der Waals surface area (Å²) < 4.78 is 0. The van der Waals surface area contributed by atoms with E-state index >= 15 is 0 Å². The molecule has 0 aromatic heterocycles. The van der Waals surface area contributed by atoms with Gasteiger partial charge in [-0.2, -0.15) is 0 Å². The van der Waals surface area contributed by atoms with Gasteiger partial charge < -0.3 is 44.0 Å². The van der Waals surface area contributed by atoms with Gasteiger partial charge in [-0.05, 0) is 50.5 Å². The number of carbonyl (C=O) groups excluding carboxylic acids is 3. The first-order valence-electron chi connectivity index (χ1n) is 13.0. The number of carboxylic acid groups (broad SMARTS) is 1. The molecule has 0 radical (unpaired) electrons. The number of rotatable bonds is 19. The van der Waals surface area contributed by atoms with Crippen molar-refractivity contribution < 1.29 is 24.3 Å². The molecule has 3 amide bonds. The van der Waals surface area contributed by atoms with E-state index < -0.39 is 47.9 Å². The summed E-state index contributed by atoms with van der Waals surface area (Å²) in [4.78, 5) is 54.6. The Morgan fingerprint density at radius 3 is 1.81 bits per heavy atom. The predicted octanol–water partition coefficient (Wildman–Crippen LogP) is -0.872. The molecular formula is C24H48N8O5. The van der Waals surface area contributed by atoms with E-state index in [1.165, 1.54) is 0 Å². The minimum atomic E-state index is -1.15. The van der Waals surface area contributed by atoms with E-state index in [0.29, 0.717) is 38.6 Å². The summed E-state index contributed by atoms with van der Waals surface area (Å²) >= 11 is 0.